The predicted molar refractivity (Wildman–Crippen MR) is 110 cm³/mol. The summed E-state index contributed by atoms with van der Waals surface area (Å²) in [6, 6.07) is 7.06. The van der Waals surface area contributed by atoms with E-state index in [9.17, 15) is 9.59 Å². The Balaban J connectivity index is 1.53. The van der Waals surface area contributed by atoms with Gasteiger partial charge in [-0.2, -0.15) is 5.10 Å². The third-order valence-electron chi connectivity index (χ3n) is 4.76. The number of hydrogen-bond acceptors (Lipinski definition) is 3. The number of piperazine rings is 1. The fraction of sp³-hybridized carbons (Fsp3) is 0.450. The van der Waals surface area contributed by atoms with Gasteiger partial charge in [-0.1, -0.05) is 31.5 Å². The van der Waals surface area contributed by atoms with E-state index in [1.165, 1.54) is 0 Å². The first-order valence-electron chi connectivity index (χ1n) is 9.49. The van der Waals surface area contributed by atoms with Gasteiger partial charge in [0.1, 0.15) is 5.69 Å². The fourth-order valence-corrected chi connectivity index (χ4v) is 3.34. The Labute approximate surface area is 170 Å². The minimum absolute atomic E-state index is 0.100. The number of halogens is 1. The van der Waals surface area contributed by atoms with Crippen LogP contribution in [0, 0.1) is 12.8 Å². The van der Waals surface area contributed by atoms with Gasteiger partial charge < -0.3 is 15.1 Å². The second kappa shape index (κ2) is 8.65. The highest BCUT2D eigenvalue weighted by Crippen LogP contribution is 2.20. The highest BCUT2D eigenvalue weighted by atomic mass is 35.5. The van der Waals surface area contributed by atoms with Gasteiger partial charge in [0.2, 0.25) is 0 Å². The number of benzene rings is 1. The molecule has 7 nitrogen and oxygen atoms in total. The average molecular weight is 404 g/mol. The maximum absolute atomic E-state index is 12.6. The van der Waals surface area contributed by atoms with E-state index in [-0.39, 0.29) is 11.9 Å². The van der Waals surface area contributed by atoms with Crippen LogP contribution in [0.15, 0.2) is 24.3 Å². The lowest BCUT2D eigenvalue weighted by Crippen LogP contribution is -2.51. The fourth-order valence-electron chi connectivity index (χ4n) is 3.16. The van der Waals surface area contributed by atoms with Crippen LogP contribution in [0.1, 0.15) is 35.6 Å². The number of rotatable bonds is 4. The summed E-state index contributed by atoms with van der Waals surface area (Å²) in [6.07, 6.45) is 0.858. The number of nitrogens with zero attached hydrogens (tertiary/aromatic N) is 3. The van der Waals surface area contributed by atoms with Gasteiger partial charge in [-0.3, -0.25) is 9.89 Å². The molecule has 0 unspecified atom stereocenters. The van der Waals surface area contributed by atoms with Crippen LogP contribution in [0.2, 0.25) is 5.02 Å². The topological polar surface area (TPSA) is 81.3 Å². The van der Waals surface area contributed by atoms with Gasteiger partial charge >= 0.3 is 6.03 Å². The minimum Gasteiger partial charge on any atom is -0.334 e. The van der Waals surface area contributed by atoms with Crippen molar-refractivity contribution in [3.63, 3.8) is 0 Å². The largest absolute Gasteiger partial charge is 0.334 e. The standard InChI is InChI=1S/C20H26ClN5O2/c1-13(2)10-16-12-18(24-23-16)19(27)25-6-8-26(9-7-25)20(28)22-15-5-4-14(3)17(21)11-15/h4-5,11-13H,6-10H2,1-3H3,(H,22,28)(H,23,24). The summed E-state index contributed by atoms with van der Waals surface area (Å²) in [5, 5.41) is 10.6. The lowest BCUT2D eigenvalue weighted by molar-refractivity contribution is 0.0666. The monoisotopic (exact) mass is 403 g/mol. The number of aromatic nitrogens is 2. The molecule has 3 amide bonds. The Bertz CT molecular complexity index is 856. The van der Waals surface area contributed by atoms with Gasteiger partial charge in [-0.15, -0.1) is 0 Å². The molecule has 0 aliphatic carbocycles. The van der Waals surface area contributed by atoms with Crippen molar-refractivity contribution in [2.45, 2.75) is 27.2 Å². The molecule has 3 rings (SSSR count). The van der Waals surface area contributed by atoms with Crippen molar-refractivity contribution >= 4 is 29.2 Å². The second-order valence-corrected chi connectivity index (χ2v) is 7.96. The Kier molecular flexibility index (Phi) is 6.24. The Morgan fingerprint density at radius 1 is 1.18 bits per heavy atom. The molecule has 2 heterocycles. The summed E-state index contributed by atoms with van der Waals surface area (Å²) in [7, 11) is 0. The van der Waals surface area contributed by atoms with Gasteiger partial charge in [0.15, 0.2) is 0 Å². The molecule has 0 atom stereocenters. The normalized spacial score (nSPS) is 14.5. The van der Waals surface area contributed by atoms with Crippen molar-refractivity contribution in [2.75, 3.05) is 31.5 Å². The van der Waals surface area contributed by atoms with E-state index >= 15 is 0 Å². The van der Waals surface area contributed by atoms with E-state index in [1.807, 2.05) is 25.1 Å². The SMILES string of the molecule is Cc1ccc(NC(=O)N2CCN(C(=O)c3cc(CC(C)C)[nH]n3)CC2)cc1Cl. The first-order valence-corrected chi connectivity index (χ1v) is 9.87. The van der Waals surface area contributed by atoms with Crippen LogP contribution in [0.3, 0.4) is 0 Å². The number of H-pyrrole nitrogens is 1. The molecule has 1 fully saturated rings. The van der Waals surface area contributed by atoms with Crippen molar-refractivity contribution < 1.29 is 9.59 Å². The number of anilines is 1. The molecule has 28 heavy (non-hydrogen) atoms. The van der Waals surface area contributed by atoms with Crippen LogP contribution in [0.4, 0.5) is 10.5 Å². The number of aromatic amines is 1. The van der Waals surface area contributed by atoms with E-state index in [0.29, 0.717) is 48.5 Å². The molecule has 150 valence electrons. The molecule has 0 bridgehead atoms. The zero-order valence-corrected chi connectivity index (χ0v) is 17.2. The van der Waals surface area contributed by atoms with Crippen molar-refractivity contribution in [3.05, 3.63) is 46.2 Å². The number of nitrogens with one attached hydrogen (secondary N) is 2. The third-order valence-corrected chi connectivity index (χ3v) is 5.16. The second-order valence-electron chi connectivity index (χ2n) is 7.55. The zero-order chi connectivity index (χ0) is 20.3. The highest BCUT2D eigenvalue weighted by Gasteiger charge is 2.26. The van der Waals surface area contributed by atoms with E-state index in [4.69, 9.17) is 11.6 Å². The van der Waals surface area contributed by atoms with Gasteiger partial charge in [0.25, 0.3) is 5.91 Å². The maximum Gasteiger partial charge on any atom is 0.321 e. The lowest BCUT2D eigenvalue weighted by atomic mass is 10.1. The summed E-state index contributed by atoms with van der Waals surface area (Å²) >= 11 is 6.11. The first-order chi connectivity index (χ1) is 13.3. The Morgan fingerprint density at radius 2 is 1.86 bits per heavy atom. The number of aryl methyl sites for hydroxylation is 1. The lowest BCUT2D eigenvalue weighted by Gasteiger charge is -2.34. The predicted octanol–water partition coefficient (Wildman–Crippen LogP) is 3.56. The van der Waals surface area contributed by atoms with Crippen molar-refractivity contribution in [1.29, 1.82) is 0 Å². The van der Waals surface area contributed by atoms with Gasteiger partial charge in [0, 0.05) is 42.6 Å². The molecule has 1 aromatic carbocycles. The van der Waals surface area contributed by atoms with Gasteiger partial charge in [-0.25, -0.2) is 4.79 Å². The van der Waals surface area contributed by atoms with Gasteiger partial charge in [0.05, 0.1) is 0 Å². The smallest absolute Gasteiger partial charge is 0.321 e. The summed E-state index contributed by atoms with van der Waals surface area (Å²) < 4.78 is 0. The highest BCUT2D eigenvalue weighted by molar-refractivity contribution is 6.31. The van der Waals surface area contributed by atoms with E-state index < -0.39 is 0 Å². The minimum atomic E-state index is -0.189. The summed E-state index contributed by atoms with van der Waals surface area (Å²) in [6.45, 7) is 8.06. The number of carbonyl (C=O) groups is 2. The van der Waals surface area contributed by atoms with Crippen LogP contribution < -0.4 is 5.32 Å². The third kappa shape index (κ3) is 4.84. The molecule has 0 radical (unpaired) electrons. The number of amides is 3. The number of hydrogen-bond donors (Lipinski definition) is 2. The Morgan fingerprint density at radius 3 is 2.50 bits per heavy atom. The van der Waals surface area contributed by atoms with Crippen molar-refractivity contribution in [3.8, 4) is 0 Å². The molecular weight excluding hydrogens is 378 g/mol. The maximum atomic E-state index is 12.6. The van der Waals surface area contributed by atoms with Crippen molar-refractivity contribution in [1.82, 2.24) is 20.0 Å². The van der Waals surface area contributed by atoms with Crippen LogP contribution in [-0.2, 0) is 6.42 Å². The molecule has 1 aliphatic rings. The quantitative estimate of drug-likeness (QED) is 0.818. The Hall–Kier alpha value is -2.54. The molecule has 1 aromatic heterocycles. The number of carbonyl (C=O) groups excluding carboxylic acids is 2. The summed E-state index contributed by atoms with van der Waals surface area (Å²) in [5.41, 5.74) is 3.02. The molecule has 2 N–H and O–H groups in total. The molecule has 0 spiro atoms. The van der Waals surface area contributed by atoms with E-state index in [0.717, 1.165) is 17.7 Å². The molecule has 1 saturated heterocycles. The molecule has 0 saturated carbocycles. The average Bonchev–Trinajstić information content (AvgIpc) is 3.12. The van der Waals surface area contributed by atoms with Crippen molar-refractivity contribution in [2.24, 2.45) is 5.92 Å². The summed E-state index contributed by atoms with van der Waals surface area (Å²) in [4.78, 5) is 28.6. The van der Waals surface area contributed by atoms with Gasteiger partial charge in [-0.05, 0) is 43.0 Å². The van der Waals surface area contributed by atoms with Crippen LogP contribution >= 0.6 is 11.6 Å². The summed E-state index contributed by atoms with van der Waals surface area (Å²) in [5.74, 6) is 0.394. The zero-order valence-electron chi connectivity index (χ0n) is 16.5. The van der Waals surface area contributed by atoms with E-state index in [1.54, 1.807) is 15.9 Å². The molecule has 1 aliphatic heterocycles. The molecular formula is C20H26ClN5O2. The molecule has 2 aromatic rings. The van der Waals surface area contributed by atoms with Crippen LogP contribution in [0.25, 0.3) is 0 Å². The van der Waals surface area contributed by atoms with Crippen LogP contribution in [0.5, 0.6) is 0 Å². The molecule has 8 heteroatoms. The number of urea groups is 1. The van der Waals surface area contributed by atoms with Crippen LogP contribution in [-0.4, -0.2) is 58.1 Å². The van der Waals surface area contributed by atoms with E-state index in [2.05, 4.69) is 29.4 Å². The first kappa shape index (κ1) is 20.2.